The molecule has 0 bridgehead atoms. The molecule has 1 saturated heterocycles. The van der Waals surface area contributed by atoms with Gasteiger partial charge < -0.3 is 15.0 Å². The van der Waals surface area contributed by atoms with Crippen molar-refractivity contribution in [1.82, 2.24) is 10.2 Å². The fraction of sp³-hybridized carbons (Fsp3) is 0.364. The first-order valence-corrected chi connectivity index (χ1v) is 10.4. The summed E-state index contributed by atoms with van der Waals surface area (Å²) in [6.45, 7) is 3.90. The molecule has 0 radical (unpaired) electrons. The summed E-state index contributed by atoms with van der Waals surface area (Å²) in [4.78, 5) is 26.9. The maximum absolute atomic E-state index is 12.6. The molecule has 1 N–H and O–H groups in total. The van der Waals surface area contributed by atoms with Crippen molar-refractivity contribution in [3.05, 3.63) is 64.1 Å². The molecule has 0 aliphatic carbocycles. The molecule has 1 aliphatic heterocycles. The predicted molar refractivity (Wildman–Crippen MR) is 113 cm³/mol. The fourth-order valence-corrected chi connectivity index (χ4v) is 3.80. The van der Waals surface area contributed by atoms with E-state index in [-0.39, 0.29) is 17.9 Å². The molecular weight excluding hydrogens is 420 g/mol. The van der Waals surface area contributed by atoms with Crippen LogP contribution in [0.1, 0.15) is 35.7 Å². The van der Waals surface area contributed by atoms with Crippen LogP contribution in [0.2, 0.25) is 0 Å². The highest BCUT2D eigenvalue weighted by Gasteiger charge is 2.24. The minimum absolute atomic E-state index is 0.0772. The van der Waals surface area contributed by atoms with Crippen molar-refractivity contribution in [3.8, 4) is 5.75 Å². The highest BCUT2D eigenvalue weighted by atomic mass is 79.9. The standard InChI is InChI=1S/C22H25BrN2O3/c1-2-28-18-9-7-16(8-10-18)15-21(26)25-13-11-17(12-14-25)24-22(27)19-5-3-4-6-20(19)23/h3-10,17H,2,11-15H2,1H3,(H,24,27). The van der Waals surface area contributed by atoms with Gasteiger partial charge in [0.25, 0.3) is 5.91 Å². The van der Waals surface area contributed by atoms with E-state index in [1.54, 1.807) is 6.07 Å². The molecule has 2 amide bonds. The van der Waals surface area contributed by atoms with Gasteiger partial charge in [0.1, 0.15) is 5.75 Å². The van der Waals surface area contributed by atoms with Gasteiger partial charge in [0, 0.05) is 23.6 Å². The monoisotopic (exact) mass is 444 g/mol. The van der Waals surface area contributed by atoms with Gasteiger partial charge in [-0.25, -0.2) is 0 Å². The molecule has 28 heavy (non-hydrogen) atoms. The molecule has 1 heterocycles. The quantitative estimate of drug-likeness (QED) is 0.736. The first-order valence-electron chi connectivity index (χ1n) is 9.61. The van der Waals surface area contributed by atoms with Crippen LogP contribution in [0.15, 0.2) is 53.0 Å². The van der Waals surface area contributed by atoms with E-state index in [0.717, 1.165) is 28.6 Å². The van der Waals surface area contributed by atoms with Crippen molar-refractivity contribution in [2.24, 2.45) is 0 Å². The van der Waals surface area contributed by atoms with E-state index in [1.165, 1.54) is 0 Å². The van der Waals surface area contributed by atoms with Crippen LogP contribution in [-0.4, -0.2) is 42.5 Å². The second kappa shape index (κ2) is 9.73. The molecule has 0 spiro atoms. The molecule has 3 rings (SSSR count). The molecule has 0 aromatic heterocycles. The van der Waals surface area contributed by atoms with Crippen molar-refractivity contribution in [3.63, 3.8) is 0 Å². The molecule has 1 aliphatic rings. The van der Waals surface area contributed by atoms with E-state index in [2.05, 4.69) is 21.2 Å². The number of rotatable bonds is 6. The Labute approximate surface area is 174 Å². The number of nitrogens with one attached hydrogen (secondary N) is 1. The Hall–Kier alpha value is -2.34. The number of amides is 2. The lowest BCUT2D eigenvalue weighted by Gasteiger charge is -2.32. The third-order valence-corrected chi connectivity index (χ3v) is 5.58. The summed E-state index contributed by atoms with van der Waals surface area (Å²) < 4.78 is 6.22. The van der Waals surface area contributed by atoms with Crippen LogP contribution in [0.25, 0.3) is 0 Å². The molecule has 0 saturated carbocycles. The molecule has 148 valence electrons. The SMILES string of the molecule is CCOc1ccc(CC(=O)N2CCC(NC(=O)c3ccccc3Br)CC2)cc1. The predicted octanol–water partition coefficient (Wildman–Crippen LogP) is 3.81. The van der Waals surface area contributed by atoms with Gasteiger partial charge in [-0.15, -0.1) is 0 Å². The highest BCUT2D eigenvalue weighted by molar-refractivity contribution is 9.10. The van der Waals surface area contributed by atoms with Gasteiger partial charge in [0.15, 0.2) is 0 Å². The van der Waals surface area contributed by atoms with Gasteiger partial charge in [0.05, 0.1) is 18.6 Å². The summed E-state index contributed by atoms with van der Waals surface area (Å²) in [6.07, 6.45) is 1.93. The van der Waals surface area contributed by atoms with Crippen molar-refractivity contribution < 1.29 is 14.3 Å². The number of benzene rings is 2. The zero-order valence-electron chi connectivity index (χ0n) is 16.0. The van der Waals surface area contributed by atoms with Gasteiger partial charge in [-0.3, -0.25) is 9.59 Å². The molecule has 2 aromatic carbocycles. The summed E-state index contributed by atoms with van der Waals surface area (Å²) in [7, 11) is 0. The van der Waals surface area contributed by atoms with E-state index < -0.39 is 0 Å². The smallest absolute Gasteiger partial charge is 0.252 e. The summed E-state index contributed by atoms with van der Waals surface area (Å²) in [5, 5.41) is 3.08. The summed E-state index contributed by atoms with van der Waals surface area (Å²) in [5.74, 6) is 0.867. The Morgan fingerprint density at radius 1 is 1.11 bits per heavy atom. The zero-order valence-corrected chi connectivity index (χ0v) is 17.6. The van der Waals surface area contributed by atoms with Crippen LogP contribution < -0.4 is 10.1 Å². The maximum atomic E-state index is 12.6. The van der Waals surface area contributed by atoms with Crippen LogP contribution >= 0.6 is 15.9 Å². The molecule has 2 aromatic rings. The largest absolute Gasteiger partial charge is 0.494 e. The lowest BCUT2D eigenvalue weighted by atomic mass is 10.0. The van der Waals surface area contributed by atoms with Crippen LogP contribution in [0.3, 0.4) is 0 Å². The maximum Gasteiger partial charge on any atom is 0.252 e. The number of nitrogens with zero attached hydrogens (tertiary/aromatic N) is 1. The van der Waals surface area contributed by atoms with E-state index in [9.17, 15) is 9.59 Å². The number of ether oxygens (including phenoxy) is 1. The van der Waals surface area contributed by atoms with Gasteiger partial charge in [0.2, 0.25) is 5.91 Å². The summed E-state index contributed by atoms with van der Waals surface area (Å²) in [5.41, 5.74) is 1.62. The second-order valence-electron chi connectivity index (χ2n) is 6.86. The van der Waals surface area contributed by atoms with Crippen LogP contribution in [-0.2, 0) is 11.2 Å². The second-order valence-corrected chi connectivity index (χ2v) is 7.72. The third kappa shape index (κ3) is 5.35. The van der Waals surface area contributed by atoms with Crippen molar-refractivity contribution in [2.75, 3.05) is 19.7 Å². The van der Waals surface area contributed by atoms with E-state index in [4.69, 9.17) is 4.74 Å². The van der Waals surface area contributed by atoms with E-state index in [0.29, 0.717) is 31.7 Å². The first kappa shape index (κ1) is 20.4. The van der Waals surface area contributed by atoms with Crippen LogP contribution in [0, 0.1) is 0 Å². The van der Waals surface area contributed by atoms with Crippen LogP contribution in [0.5, 0.6) is 5.75 Å². The lowest BCUT2D eigenvalue weighted by Crippen LogP contribution is -2.47. The number of piperidine rings is 1. The average molecular weight is 445 g/mol. The molecular formula is C22H25BrN2O3. The Balaban J connectivity index is 1.47. The number of likely N-dealkylation sites (tertiary alicyclic amines) is 1. The van der Waals surface area contributed by atoms with Gasteiger partial charge >= 0.3 is 0 Å². The average Bonchev–Trinajstić information content (AvgIpc) is 2.70. The highest BCUT2D eigenvalue weighted by Crippen LogP contribution is 2.18. The number of hydrogen-bond acceptors (Lipinski definition) is 3. The van der Waals surface area contributed by atoms with Crippen molar-refractivity contribution in [2.45, 2.75) is 32.2 Å². The Morgan fingerprint density at radius 2 is 1.79 bits per heavy atom. The number of carbonyl (C=O) groups is 2. The van der Waals surface area contributed by atoms with Crippen LogP contribution in [0.4, 0.5) is 0 Å². The molecule has 5 nitrogen and oxygen atoms in total. The number of carbonyl (C=O) groups excluding carboxylic acids is 2. The summed E-state index contributed by atoms with van der Waals surface area (Å²) in [6, 6.07) is 15.2. The first-order chi connectivity index (χ1) is 13.6. The minimum atomic E-state index is -0.0772. The summed E-state index contributed by atoms with van der Waals surface area (Å²) >= 11 is 3.41. The Bertz CT molecular complexity index is 815. The Morgan fingerprint density at radius 3 is 2.43 bits per heavy atom. The topological polar surface area (TPSA) is 58.6 Å². The Kier molecular flexibility index (Phi) is 7.09. The number of hydrogen-bond donors (Lipinski definition) is 1. The van der Waals surface area contributed by atoms with Gasteiger partial charge in [-0.05, 0) is 65.5 Å². The zero-order chi connectivity index (χ0) is 19.9. The molecule has 1 fully saturated rings. The molecule has 0 unspecified atom stereocenters. The normalized spacial score (nSPS) is 14.6. The van der Waals surface area contributed by atoms with Gasteiger partial charge in [-0.2, -0.15) is 0 Å². The van der Waals surface area contributed by atoms with E-state index in [1.807, 2.05) is 54.3 Å². The van der Waals surface area contributed by atoms with Crippen molar-refractivity contribution in [1.29, 1.82) is 0 Å². The molecule has 6 heteroatoms. The number of halogens is 1. The third-order valence-electron chi connectivity index (χ3n) is 4.89. The van der Waals surface area contributed by atoms with Crippen molar-refractivity contribution >= 4 is 27.7 Å². The molecule has 0 atom stereocenters. The van der Waals surface area contributed by atoms with E-state index >= 15 is 0 Å². The van der Waals surface area contributed by atoms with Gasteiger partial charge in [-0.1, -0.05) is 24.3 Å². The lowest BCUT2D eigenvalue weighted by molar-refractivity contribution is -0.131. The fourth-order valence-electron chi connectivity index (χ4n) is 3.34. The minimum Gasteiger partial charge on any atom is -0.494 e.